The molecule has 2 aliphatic heterocycles. The van der Waals surface area contributed by atoms with Gasteiger partial charge < -0.3 is 5.32 Å². The van der Waals surface area contributed by atoms with Crippen LogP contribution in [0.15, 0.2) is 35.2 Å². The molecule has 106 valence electrons. The molecule has 0 atom stereocenters. The Bertz CT molecular complexity index is 637. The molecule has 0 aliphatic carbocycles. The number of urea groups is 1. The van der Waals surface area contributed by atoms with E-state index in [4.69, 9.17) is 0 Å². The van der Waals surface area contributed by atoms with E-state index in [1.165, 1.54) is 16.4 Å². The van der Waals surface area contributed by atoms with Crippen molar-refractivity contribution in [1.29, 1.82) is 0 Å². The zero-order chi connectivity index (χ0) is 14.3. The molecular weight excluding hydrogens is 282 g/mol. The van der Waals surface area contributed by atoms with Crippen molar-refractivity contribution in [3.8, 4) is 0 Å². The van der Waals surface area contributed by atoms with Crippen molar-refractivity contribution in [3.63, 3.8) is 0 Å². The van der Waals surface area contributed by atoms with Crippen molar-refractivity contribution in [2.24, 2.45) is 0 Å². The zero-order valence-corrected chi connectivity index (χ0v) is 11.3. The number of imide groups is 1. The van der Waals surface area contributed by atoms with Crippen molar-refractivity contribution in [3.05, 3.63) is 30.3 Å². The molecule has 1 N–H and O–H groups in total. The van der Waals surface area contributed by atoms with Crippen LogP contribution in [0.4, 0.5) is 4.79 Å². The molecule has 0 saturated carbocycles. The van der Waals surface area contributed by atoms with Crippen molar-refractivity contribution in [2.75, 3.05) is 19.6 Å². The molecule has 7 nitrogen and oxygen atoms in total. The summed E-state index contributed by atoms with van der Waals surface area (Å²) in [4.78, 5) is 24.3. The molecule has 20 heavy (non-hydrogen) atoms. The first-order valence-electron chi connectivity index (χ1n) is 6.15. The second kappa shape index (κ2) is 4.57. The Morgan fingerprint density at radius 3 is 2.30 bits per heavy atom. The lowest BCUT2D eigenvalue weighted by atomic mass is 10.1. The van der Waals surface area contributed by atoms with Gasteiger partial charge in [-0.15, -0.1) is 0 Å². The van der Waals surface area contributed by atoms with Gasteiger partial charge in [-0.25, -0.2) is 13.2 Å². The van der Waals surface area contributed by atoms with Gasteiger partial charge in [-0.3, -0.25) is 9.69 Å². The third-order valence-corrected chi connectivity index (χ3v) is 5.30. The van der Waals surface area contributed by atoms with E-state index in [9.17, 15) is 18.0 Å². The molecule has 2 saturated heterocycles. The first kappa shape index (κ1) is 13.1. The molecular formula is C12H13N3O4S. The van der Waals surface area contributed by atoms with Crippen LogP contribution in [0.5, 0.6) is 0 Å². The van der Waals surface area contributed by atoms with Gasteiger partial charge in [0, 0.05) is 13.1 Å². The van der Waals surface area contributed by atoms with Gasteiger partial charge in [0.1, 0.15) is 0 Å². The highest BCUT2D eigenvalue weighted by Gasteiger charge is 2.45. The van der Waals surface area contributed by atoms with Crippen molar-refractivity contribution < 1.29 is 18.0 Å². The summed E-state index contributed by atoms with van der Waals surface area (Å²) in [6.07, 6.45) is 0. The minimum Gasteiger partial charge on any atom is -0.329 e. The van der Waals surface area contributed by atoms with Gasteiger partial charge in [-0.05, 0) is 12.1 Å². The number of amides is 3. The van der Waals surface area contributed by atoms with Gasteiger partial charge in [0.2, 0.25) is 15.9 Å². The van der Waals surface area contributed by atoms with Gasteiger partial charge in [0.05, 0.1) is 17.5 Å². The summed E-state index contributed by atoms with van der Waals surface area (Å²) in [5, 5.41) is 2.42. The Kier molecular flexibility index (Phi) is 2.98. The van der Waals surface area contributed by atoms with E-state index in [1.54, 1.807) is 18.2 Å². The molecule has 2 aliphatic rings. The maximum Gasteiger partial charge on any atom is 0.324 e. The van der Waals surface area contributed by atoms with Gasteiger partial charge >= 0.3 is 6.03 Å². The second-order valence-electron chi connectivity index (χ2n) is 4.71. The number of hydrogen-bond acceptors (Lipinski definition) is 4. The molecule has 1 aromatic carbocycles. The third kappa shape index (κ3) is 1.97. The Morgan fingerprint density at radius 1 is 1.10 bits per heavy atom. The van der Waals surface area contributed by atoms with Gasteiger partial charge in [0.15, 0.2) is 0 Å². The average molecular weight is 295 g/mol. The van der Waals surface area contributed by atoms with Crippen LogP contribution in [0.3, 0.4) is 0 Å². The van der Waals surface area contributed by atoms with E-state index in [2.05, 4.69) is 5.32 Å². The van der Waals surface area contributed by atoms with Crippen LogP contribution in [0.25, 0.3) is 0 Å². The summed E-state index contributed by atoms with van der Waals surface area (Å²) in [7, 11) is -3.54. The largest absolute Gasteiger partial charge is 0.329 e. The Labute approximate surface area is 116 Å². The second-order valence-corrected chi connectivity index (χ2v) is 6.65. The van der Waals surface area contributed by atoms with Crippen LogP contribution in [0, 0.1) is 0 Å². The van der Waals surface area contributed by atoms with E-state index >= 15 is 0 Å². The lowest BCUT2D eigenvalue weighted by Gasteiger charge is -2.41. The number of rotatable bonds is 3. The first-order chi connectivity index (χ1) is 9.50. The fraction of sp³-hybridized carbons (Fsp3) is 0.333. The topological polar surface area (TPSA) is 86.8 Å². The number of carbonyl (C=O) groups excluding carboxylic acids is 2. The Hall–Kier alpha value is -1.93. The molecule has 0 radical (unpaired) electrons. The first-order valence-corrected chi connectivity index (χ1v) is 7.59. The number of benzene rings is 1. The average Bonchev–Trinajstić information content (AvgIpc) is 2.70. The highest BCUT2D eigenvalue weighted by molar-refractivity contribution is 7.89. The summed E-state index contributed by atoms with van der Waals surface area (Å²) >= 11 is 0. The lowest BCUT2D eigenvalue weighted by Crippen LogP contribution is -2.62. The number of nitrogens with zero attached hydrogens (tertiary/aromatic N) is 2. The highest BCUT2D eigenvalue weighted by Crippen LogP contribution is 2.25. The van der Waals surface area contributed by atoms with Crippen LogP contribution in [-0.4, -0.2) is 55.2 Å². The number of hydrogen-bond donors (Lipinski definition) is 1. The van der Waals surface area contributed by atoms with Crippen LogP contribution in [0.2, 0.25) is 0 Å². The monoisotopic (exact) mass is 295 g/mol. The smallest absolute Gasteiger partial charge is 0.324 e. The van der Waals surface area contributed by atoms with Crippen molar-refractivity contribution in [2.45, 2.75) is 10.9 Å². The fourth-order valence-electron chi connectivity index (χ4n) is 2.32. The normalized spacial score (nSPS) is 20.9. The van der Waals surface area contributed by atoms with E-state index in [1.807, 2.05) is 0 Å². The van der Waals surface area contributed by atoms with E-state index in [0.717, 1.165) is 4.90 Å². The molecule has 3 rings (SSSR count). The Morgan fingerprint density at radius 2 is 1.75 bits per heavy atom. The fourth-order valence-corrected chi connectivity index (χ4v) is 3.86. The van der Waals surface area contributed by atoms with Crippen LogP contribution in [0.1, 0.15) is 0 Å². The third-order valence-electron chi connectivity index (χ3n) is 3.45. The Balaban J connectivity index is 1.72. The SMILES string of the molecule is O=C1CNC(=O)N1C1CN(S(=O)(=O)c2ccccc2)C1. The van der Waals surface area contributed by atoms with Gasteiger partial charge in [-0.2, -0.15) is 4.31 Å². The van der Waals surface area contributed by atoms with Gasteiger partial charge in [-0.1, -0.05) is 18.2 Å². The molecule has 0 aromatic heterocycles. The molecule has 0 bridgehead atoms. The molecule has 2 heterocycles. The quantitative estimate of drug-likeness (QED) is 0.770. The van der Waals surface area contributed by atoms with Crippen LogP contribution in [-0.2, 0) is 14.8 Å². The van der Waals surface area contributed by atoms with Crippen molar-refractivity contribution >= 4 is 22.0 Å². The molecule has 3 amide bonds. The maximum atomic E-state index is 12.3. The molecule has 0 unspecified atom stereocenters. The van der Waals surface area contributed by atoms with E-state index < -0.39 is 16.1 Å². The molecule has 1 aromatic rings. The molecule has 2 fully saturated rings. The summed E-state index contributed by atoms with van der Waals surface area (Å²) in [5.74, 6) is -0.309. The summed E-state index contributed by atoms with van der Waals surface area (Å²) in [6, 6.07) is 7.28. The van der Waals surface area contributed by atoms with Crippen LogP contribution >= 0.6 is 0 Å². The highest BCUT2D eigenvalue weighted by atomic mass is 32.2. The predicted octanol–water partition coefficient (Wildman–Crippen LogP) is -0.389. The number of sulfonamides is 1. The molecule has 0 spiro atoms. The van der Waals surface area contributed by atoms with Crippen molar-refractivity contribution in [1.82, 2.24) is 14.5 Å². The minimum absolute atomic E-state index is 0.0131. The zero-order valence-electron chi connectivity index (χ0n) is 10.5. The maximum absolute atomic E-state index is 12.3. The molecule has 8 heteroatoms. The summed E-state index contributed by atoms with van der Waals surface area (Å²) in [5.41, 5.74) is 0. The van der Waals surface area contributed by atoms with E-state index in [0.29, 0.717) is 0 Å². The van der Waals surface area contributed by atoms with E-state index in [-0.39, 0.29) is 36.5 Å². The summed E-state index contributed by atoms with van der Waals surface area (Å²) < 4.78 is 25.8. The van der Waals surface area contributed by atoms with Gasteiger partial charge in [0.25, 0.3) is 0 Å². The number of carbonyl (C=O) groups is 2. The minimum atomic E-state index is -3.54. The van der Waals surface area contributed by atoms with Crippen LogP contribution < -0.4 is 5.32 Å². The summed E-state index contributed by atoms with van der Waals surface area (Å²) in [6.45, 7) is 0.285. The predicted molar refractivity (Wildman–Crippen MR) is 69.2 cm³/mol. The lowest BCUT2D eigenvalue weighted by molar-refractivity contribution is -0.128. The standard InChI is InChI=1S/C12H13N3O4S/c16-11-6-13-12(17)15(11)9-7-14(8-9)20(18,19)10-4-2-1-3-5-10/h1-5,9H,6-8H2,(H,13,17). The number of nitrogens with one attached hydrogen (secondary N) is 1.